The van der Waals surface area contributed by atoms with E-state index in [9.17, 15) is 0 Å². The van der Waals surface area contributed by atoms with Gasteiger partial charge in [-0.2, -0.15) is 0 Å². The Bertz CT molecular complexity index is 296. The first-order chi connectivity index (χ1) is 4.47. The van der Waals surface area contributed by atoms with Crippen molar-refractivity contribution in [2.75, 3.05) is 0 Å². The Hall–Kier alpha value is 1.06. The zero-order valence-corrected chi connectivity index (χ0v) is 15.4. The predicted octanol–water partition coefficient (Wildman–Crippen LogP) is 2.29. The second-order valence-electron chi connectivity index (χ2n) is 1.82. The predicted molar refractivity (Wildman–Crippen MR) is 54.4 cm³/mol. The van der Waals surface area contributed by atoms with Gasteiger partial charge in [-0.05, 0) is 12.1 Å². The van der Waals surface area contributed by atoms with Crippen LogP contribution in [0.25, 0.3) is 10.2 Å². The van der Waals surface area contributed by atoms with Crippen LogP contribution in [0, 0.1) is 0 Å². The van der Waals surface area contributed by atoms with Gasteiger partial charge in [-0.15, -0.1) is 11.3 Å². The van der Waals surface area contributed by atoms with Crippen molar-refractivity contribution in [3.05, 3.63) is 29.8 Å². The van der Waals surface area contributed by atoms with Crippen LogP contribution in [-0.4, -0.2) is 4.98 Å². The molecule has 2 aromatic rings. The Morgan fingerprint density at radius 2 is 1.62 bits per heavy atom. The molecular formula is C7H5NS3Zn2. The Morgan fingerprint density at radius 3 is 2.23 bits per heavy atom. The maximum Gasteiger partial charge on any atom is 2.00 e. The number of nitrogens with zero attached hydrogens (tertiary/aromatic N) is 1. The van der Waals surface area contributed by atoms with Gasteiger partial charge in [0.15, 0.2) is 0 Å². The van der Waals surface area contributed by atoms with Gasteiger partial charge in [-0.25, -0.2) is 4.98 Å². The van der Waals surface area contributed by atoms with Crippen LogP contribution in [0.15, 0.2) is 29.8 Å². The molecule has 60 valence electrons. The van der Waals surface area contributed by atoms with Crippen molar-refractivity contribution in [1.29, 1.82) is 0 Å². The molecule has 0 radical (unpaired) electrons. The third-order valence-electron chi connectivity index (χ3n) is 1.24. The van der Waals surface area contributed by atoms with Gasteiger partial charge in [0.2, 0.25) is 0 Å². The molecule has 0 spiro atoms. The molecular weight excluding hydrogens is 325 g/mol. The van der Waals surface area contributed by atoms with E-state index in [1.54, 1.807) is 11.3 Å². The number of thiazole rings is 1. The molecule has 0 saturated heterocycles. The number of fused-ring (bicyclic) bond motifs is 1. The van der Waals surface area contributed by atoms with Crippen molar-refractivity contribution in [2.24, 2.45) is 0 Å². The van der Waals surface area contributed by atoms with E-state index in [0.29, 0.717) is 0 Å². The third-order valence-corrected chi connectivity index (χ3v) is 2.05. The Kier molecular flexibility index (Phi) is 14.5. The molecule has 2 rings (SSSR count). The van der Waals surface area contributed by atoms with Gasteiger partial charge in [0.25, 0.3) is 0 Å². The standard InChI is InChI=1S/C7H5NS.2S.2Zn/c1-2-4-7-6(3-1)8-5-9-7;;;;/h1-5H;;;;/q;2*-2;2*+2. The average molecular weight is 330 g/mol. The van der Waals surface area contributed by atoms with Crippen LogP contribution in [0.3, 0.4) is 0 Å². The number of para-hydroxylation sites is 1. The summed E-state index contributed by atoms with van der Waals surface area (Å²) in [5.41, 5.74) is 2.97. The Balaban J connectivity index is -0.000000250. The molecule has 1 nitrogen and oxygen atoms in total. The third kappa shape index (κ3) is 4.90. The molecule has 0 aliphatic carbocycles. The first kappa shape index (κ1) is 19.6. The second kappa shape index (κ2) is 9.61. The first-order valence-corrected chi connectivity index (χ1v) is 3.63. The summed E-state index contributed by atoms with van der Waals surface area (Å²) in [5, 5.41) is 0. The largest absolute Gasteiger partial charge is 2.00 e. The number of hydrogen-bond acceptors (Lipinski definition) is 2. The minimum atomic E-state index is 0. The average Bonchev–Trinajstić information content (AvgIpc) is 2.33. The summed E-state index contributed by atoms with van der Waals surface area (Å²) in [7, 11) is 0. The topological polar surface area (TPSA) is 12.9 Å². The van der Waals surface area contributed by atoms with Crippen LogP contribution < -0.4 is 0 Å². The summed E-state index contributed by atoms with van der Waals surface area (Å²) in [6.45, 7) is 0. The maximum atomic E-state index is 4.14. The van der Waals surface area contributed by atoms with Gasteiger partial charge in [0, 0.05) is 0 Å². The van der Waals surface area contributed by atoms with E-state index in [2.05, 4.69) is 11.1 Å². The van der Waals surface area contributed by atoms with Gasteiger partial charge < -0.3 is 27.0 Å². The van der Waals surface area contributed by atoms with E-state index < -0.39 is 0 Å². The summed E-state index contributed by atoms with van der Waals surface area (Å²) in [6.07, 6.45) is 0. The van der Waals surface area contributed by atoms with Crippen molar-refractivity contribution < 1.29 is 39.0 Å². The van der Waals surface area contributed by atoms with Crippen molar-refractivity contribution in [1.82, 2.24) is 4.98 Å². The monoisotopic (exact) mass is 327 g/mol. The molecule has 0 unspecified atom stereocenters. The Morgan fingerprint density at radius 1 is 1.00 bits per heavy atom. The molecule has 6 heteroatoms. The van der Waals surface area contributed by atoms with Gasteiger partial charge >= 0.3 is 39.0 Å². The number of rotatable bonds is 0. The van der Waals surface area contributed by atoms with E-state index >= 15 is 0 Å². The molecule has 0 amide bonds. The molecule has 1 heterocycles. The molecule has 0 aliphatic rings. The van der Waals surface area contributed by atoms with Gasteiger partial charge in [0.05, 0.1) is 15.7 Å². The van der Waals surface area contributed by atoms with E-state index in [4.69, 9.17) is 0 Å². The summed E-state index contributed by atoms with van der Waals surface area (Å²) in [5.74, 6) is 0. The van der Waals surface area contributed by atoms with E-state index in [1.165, 1.54) is 4.70 Å². The molecule has 0 atom stereocenters. The van der Waals surface area contributed by atoms with Crippen LogP contribution in [0.5, 0.6) is 0 Å². The molecule has 0 bridgehead atoms. The van der Waals surface area contributed by atoms with Crippen molar-refractivity contribution in [2.45, 2.75) is 0 Å². The van der Waals surface area contributed by atoms with E-state index in [-0.39, 0.29) is 65.9 Å². The molecule has 1 aromatic carbocycles. The summed E-state index contributed by atoms with van der Waals surface area (Å²) in [6, 6.07) is 8.13. The molecule has 0 fully saturated rings. The molecule has 0 aliphatic heterocycles. The van der Waals surface area contributed by atoms with Crippen LogP contribution in [0.1, 0.15) is 0 Å². The van der Waals surface area contributed by atoms with Crippen LogP contribution in [0.4, 0.5) is 0 Å². The van der Waals surface area contributed by atoms with Gasteiger partial charge in [0.1, 0.15) is 0 Å². The molecule has 0 saturated carbocycles. The minimum absolute atomic E-state index is 0. The fourth-order valence-corrected chi connectivity index (χ4v) is 1.48. The second-order valence-corrected chi connectivity index (χ2v) is 2.71. The number of hydrogen-bond donors (Lipinski definition) is 0. The molecule has 13 heavy (non-hydrogen) atoms. The Labute approximate surface area is 121 Å². The van der Waals surface area contributed by atoms with Crippen LogP contribution in [0.2, 0.25) is 0 Å². The van der Waals surface area contributed by atoms with Crippen molar-refractivity contribution in [3.63, 3.8) is 0 Å². The minimum Gasteiger partial charge on any atom is -2.00 e. The fourth-order valence-electron chi connectivity index (χ4n) is 0.803. The van der Waals surface area contributed by atoms with Crippen LogP contribution >= 0.6 is 11.3 Å². The molecule has 1 aromatic heterocycles. The SMILES string of the molecule is [S-2].[S-2].[Zn+2].[Zn+2].c1ccc2scnc2c1. The van der Waals surface area contributed by atoms with Crippen molar-refractivity contribution in [3.8, 4) is 0 Å². The summed E-state index contributed by atoms with van der Waals surface area (Å²) in [4.78, 5) is 4.14. The van der Waals surface area contributed by atoms with Crippen LogP contribution in [-0.2, 0) is 65.9 Å². The van der Waals surface area contributed by atoms with Gasteiger partial charge in [-0.3, -0.25) is 0 Å². The normalized spacial score (nSPS) is 7.08. The zero-order chi connectivity index (χ0) is 6.10. The van der Waals surface area contributed by atoms with Gasteiger partial charge in [-0.1, -0.05) is 12.1 Å². The van der Waals surface area contributed by atoms with E-state index in [0.717, 1.165) is 5.52 Å². The summed E-state index contributed by atoms with van der Waals surface area (Å²) >= 11 is 1.68. The fraction of sp³-hybridized carbons (Fsp3) is 0. The van der Waals surface area contributed by atoms with Crippen molar-refractivity contribution >= 4 is 48.5 Å². The zero-order valence-electron chi connectivity index (χ0n) is 6.97. The summed E-state index contributed by atoms with van der Waals surface area (Å²) < 4.78 is 1.26. The van der Waals surface area contributed by atoms with E-state index in [1.807, 2.05) is 23.7 Å². The maximum absolute atomic E-state index is 4.14. The quantitative estimate of drug-likeness (QED) is 0.676. The smallest absolute Gasteiger partial charge is 2.00 e. The number of benzene rings is 1. The first-order valence-electron chi connectivity index (χ1n) is 2.75. The number of aromatic nitrogens is 1. The molecule has 0 N–H and O–H groups in total.